The van der Waals surface area contributed by atoms with Gasteiger partial charge in [-0.15, -0.1) is 0 Å². The van der Waals surface area contributed by atoms with Crippen LogP contribution < -0.4 is 10.2 Å². The number of hydrogen-bond donors (Lipinski definition) is 1. The van der Waals surface area contributed by atoms with E-state index in [9.17, 15) is 4.79 Å². The molecule has 2 fully saturated rings. The molecule has 1 N–H and O–H groups in total. The van der Waals surface area contributed by atoms with Crippen LogP contribution in [0.15, 0.2) is 17.4 Å². The fourth-order valence-corrected chi connectivity index (χ4v) is 3.49. The summed E-state index contributed by atoms with van der Waals surface area (Å²) in [5.41, 5.74) is 0.560. The number of amides is 1. The predicted molar refractivity (Wildman–Crippen MR) is 103 cm³/mol. The van der Waals surface area contributed by atoms with Gasteiger partial charge in [0.25, 0.3) is 0 Å². The van der Waals surface area contributed by atoms with E-state index in [1.807, 2.05) is 25.1 Å². The Kier molecular flexibility index (Phi) is 6.33. The smallest absolute Gasteiger partial charge is 0.246 e. The number of guanidine groups is 1. The van der Waals surface area contributed by atoms with Gasteiger partial charge in [-0.2, -0.15) is 5.10 Å². The van der Waals surface area contributed by atoms with Crippen molar-refractivity contribution in [2.75, 3.05) is 57.9 Å². The van der Waals surface area contributed by atoms with Crippen molar-refractivity contribution in [3.05, 3.63) is 12.4 Å². The second-order valence-corrected chi connectivity index (χ2v) is 7.01. The van der Waals surface area contributed by atoms with Crippen molar-refractivity contribution >= 4 is 17.6 Å². The number of rotatable bonds is 5. The number of methoxy groups -OCH3 is 1. The third-order valence-corrected chi connectivity index (χ3v) is 5.21. The zero-order chi connectivity index (χ0) is 19.3. The Balaban J connectivity index is 1.67. The van der Waals surface area contributed by atoms with E-state index in [1.165, 1.54) is 0 Å². The first-order valence-electron chi connectivity index (χ1n) is 9.52. The highest BCUT2D eigenvalue weighted by Gasteiger charge is 2.33. The largest absolute Gasteiger partial charge is 0.381 e. The summed E-state index contributed by atoms with van der Waals surface area (Å²) in [5.74, 6) is 0.812. The van der Waals surface area contributed by atoms with E-state index in [2.05, 4.69) is 10.4 Å². The van der Waals surface area contributed by atoms with Crippen LogP contribution in [-0.2, 0) is 21.3 Å². The van der Waals surface area contributed by atoms with Crippen LogP contribution in [-0.4, -0.2) is 85.2 Å². The van der Waals surface area contributed by atoms with Gasteiger partial charge in [-0.25, -0.2) is 0 Å². The maximum Gasteiger partial charge on any atom is 0.246 e. The Hall–Kier alpha value is -2.13. The van der Waals surface area contributed by atoms with Crippen molar-refractivity contribution in [2.24, 2.45) is 12.0 Å². The molecular formula is C18H30N6O3. The van der Waals surface area contributed by atoms with E-state index in [4.69, 9.17) is 14.5 Å². The van der Waals surface area contributed by atoms with Crippen molar-refractivity contribution in [2.45, 2.75) is 25.4 Å². The van der Waals surface area contributed by atoms with Crippen molar-refractivity contribution in [3.8, 4) is 0 Å². The van der Waals surface area contributed by atoms with Gasteiger partial charge in [-0.3, -0.25) is 14.5 Å². The number of aryl methyl sites for hydroxylation is 1. The summed E-state index contributed by atoms with van der Waals surface area (Å²) in [6.45, 7) is 6.36. The van der Waals surface area contributed by atoms with Gasteiger partial charge in [-0.05, 0) is 6.92 Å². The van der Waals surface area contributed by atoms with Crippen molar-refractivity contribution in [3.63, 3.8) is 0 Å². The second kappa shape index (κ2) is 8.71. The Morgan fingerprint density at radius 1 is 1.41 bits per heavy atom. The van der Waals surface area contributed by atoms with Crippen LogP contribution in [0.1, 0.15) is 19.8 Å². The van der Waals surface area contributed by atoms with Crippen LogP contribution in [0.25, 0.3) is 0 Å². The maximum atomic E-state index is 12.7. The number of aromatic nitrogens is 2. The lowest BCUT2D eigenvalue weighted by molar-refractivity contribution is -0.120. The standard InChI is InChI=1S/C18H30N6O3/c1-4-19-17(20-14-18(26-3)5-9-27-10-6-18)23-7-8-24(16(25)13-23)15-11-21-22(2)12-15/h11-12H,4-10,13-14H2,1-3H3,(H,19,20). The minimum absolute atomic E-state index is 0.0485. The van der Waals surface area contributed by atoms with Crippen molar-refractivity contribution in [1.82, 2.24) is 20.0 Å². The molecule has 0 saturated carbocycles. The number of piperazine rings is 1. The molecule has 0 aromatic carbocycles. The van der Waals surface area contributed by atoms with Crippen LogP contribution in [0, 0.1) is 0 Å². The number of carbonyl (C=O) groups is 1. The fourth-order valence-electron chi connectivity index (χ4n) is 3.49. The lowest BCUT2D eigenvalue weighted by Gasteiger charge is -2.37. The number of carbonyl (C=O) groups excluding carboxylic acids is 1. The summed E-state index contributed by atoms with van der Waals surface area (Å²) in [6, 6.07) is 0. The van der Waals surface area contributed by atoms with Crippen LogP contribution in [0.2, 0.25) is 0 Å². The SMILES string of the molecule is CCNC(=NCC1(OC)CCOCC1)N1CCN(c2cnn(C)c2)C(=O)C1. The lowest BCUT2D eigenvalue weighted by atomic mass is 9.94. The highest BCUT2D eigenvalue weighted by molar-refractivity contribution is 5.98. The molecule has 2 aliphatic heterocycles. The zero-order valence-corrected chi connectivity index (χ0v) is 16.5. The van der Waals surface area contributed by atoms with Gasteiger partial charge in [0.05, 0.1) is 24.0 Å². The Morgan fingerprint density at radius 2 is 2.19 bits per heavy atom. The van der Waals surface area contributed by atoms with E-state index >= 15 is 0 Å². The van der Waals surface area contributed by atoms with Crippen LogP contribution in [0.5, 0.6) is 0 Å². The molecule has 9 nitrogen and oxygen atoms in total. The first-order valence-corrected chi connectivity index (χ1v) is 9.52. The molecule has 27 heavy (non-hydrogen) atoms. The molecule has 3 heterocycles. The molecule has 0 aliphatic carbocycles. The van der Waals surface area contributed by atoms with Gasteiger partial charge in [0.2, 0.25) is 5.91 Å². The average molecular weight is 378 g/mol. The number of aliphatic imine (C=N–C) groups is 1. The van der Waals surface area contributed by atoms with Gasteiger partial charge in [0.15, 0.2) is 5.96 Å². The van der Waals surface area contributed by atoms with Gasteiger partial charge in [0.1, 0.15) is 6.54 Å². The molecule has 2 saturated heterocycles. The normalized spacial score (nSPS) is 20.9. The highest BCUT2D eigenvalue weighted by Crippen LogP contribution is 2.25. The summed E-state index contributed by atoms with van der Waals surface area (Å²) in [4.78, 5) is 21.3. The van der Waals surface area contributed by atoms with Crippen LogP contribution in [0.3, 0.4) is 0 Å². The molecule has 0 atom stereocenters. The van der Waals surface area contributed by atoms with Gasteiger partial charge >= 0.3 is 0 Å². The zero-order valence-electron chi connectivity index (χ0n) is 16.5. The number of nitrogens with zero attached hydrogens (tertiary/aromatic N) is 5. The van der Waals surface area contributed by atoms with E-state index in [-0.39, 0.29) is 11.5 Å². The summed E-state index contributed by atoms with van der Waals surface area (Å²) in [5, 5.41) is 7.47. The summed E-state index contributed by atoms with van der Waals surface area (Å²) < 4.78 is 12.9. The maximum absolute atomic E-state index is 12.7. The van der Waals surface area contributed by atoms with Gasteiger partial charge < -0.3 is 24.6 Å². The Labute approximate surface area is 160 Å². The molecule has 0 radical (unpaired) electrons. The van der Waals surface area contributed by atoms with E-state index in [0.29, 0.717) is 32.8 Å². The summed E-state index contributed by atoms with van der Waals surface area (Å²) in [6.07, 6.45) is 5.25. The van der Waals surface area contributed by atoms with Crippen LogP contribution >= 0.6 is 0 Å². The number of hydrogen-bond acceptors (Lipinski definition) is 5. The summed E-state index contributed by atoms with van der Waals surface area (Å²) in [7, 11) is 3.59. The van der Waals surface area contributed by atoms with Crippen LogP contribution in [0.4, 0.5) is 5.69 Å². The molecule has 0 unspecified atom stereocenters. The van der Waals surface area contributed by atoms with Crippen molar-refractivity contribution < 1.29 is 14.3 Å². The average Bonchev–Trinajstić information content (AvgIpc) is 3.12. The molecule has 9 heteroatoms. The lowest BCUT2D eigenvalue weighted by Crippen LogP contribution is -2.55. The second-order valence-electron chi connectivity index (χ2n) is 7.01. The topological polar surface area (TPSA) is 84.2 Å². The van der Waals surface area contributed by atoms with Crippen molar-refractivity contribution in [1.29, 1.82) is 0 Å². The molecule has 150 valence electrons. The molecule has 2 aliphatic rings. The molecule has 1 aromatic rings. The monoisotopic (exact) mass is 378 g/mol. The first-order chi connectivity index (χ1) is 13.1. The Morgan fingerprint density at radius 3 is 2.78 bits per heavy atom. The van der Waals surface area contributed by atoms with E-state index in [1.54, 1.807) is 22.9 Å². The van der Waals surface area contributed by atoms with Gasteiger partial charge in [0, 0.05) is 66.0 Å². The summed E-state index contributed by atoms with van der Waals surface area (Å²) >= 11 is 0. The van der Waals surface area contributed by atoms with Gasteiger partial charge in [-0.1, -0.05) is 0 Å². The number of ether oxygens (including phenoxy) is 2. The molecular weight excluding hydrogens is 348 g/mol. The van der Waals surface area contributed by atoms with E-state index < -0.39 is 0 Å². The molecule has 1 amide bonds. The third-order valence-electron chi connectivity index (χ3n) is 5.21. The molecule has 3 rings (SSSR count). The number of nitrogens with one attached hydrogen (secondary N) is 1. The predicted octanol–water partition coefficient (Wildman–Crippen LogP) is 0.230. The minimum atomic E-state index is -0.277. The molecule has 0 spiro atoms. The van der Waals surface area contributed by atoms with E-state index in [0.717, 1.165) is 37.6 Å². The third kappa shape index (κ3) is 4.59. The first kappa shape index (κ1) is 19.6. The minimum Gasteiger partial charge on any atom is -0.381 e. The quantitative estimate of drug-likeness (QED) is 0.583. The fraction of sp³-hybridized carbons (Fsp3) is 0.722. The Bertz CT molecular complexity index is 668. The highest BCUT2D eigenvalue weighted by atomic mass is 16.5. The molecule has 0 bridgehead atoms. The molecule has 1 aromatic heterocycles. The number of anilines is 1.